The predicted octanol–water partition coefficient (Wildman–Crippen LogP) is 2.33. The number of benzene rings is 2. The first-order chi connectivity index (χ1) is 25.9. The summed E-state index contributed by atoms with van der Waals surface area (Å²) < 4.78 is 33.8. The minimum Gasteiger partial charge on any atom is -0.372 e. The molecule has 3 amide bonds. The zero-order chi connectivity index (χ0) is 38.5. The summed E-state index contributed by atoms with van der Waals surface area (Å²) in [5.74, 6) is -2.16. The van der Waals surface area contributed by atoms with E-state index >= 15 is 0 Å². The number of ketones is 1. The third kappa shape index (κ3) is 13.1. The molecule has 3 aliphatic rings. The zero-order valence-corrected chi connectivity index (χ0v) is 32.6. The molecule has 15 heteroatoms. The number of Topliss-reactive ketones (excluding diaryl/α,β-unsaturated/α-hetero) is 1. The number of amides is 3. The average Bonchev–Trinajstić information content (AvgIpc) is 3.61. The molecule has 2 aromatic rings. The van der Waals surface area contributed by atoms with Crippen molar-refractivity contribution < 1.29 is 32.3 Å². The molecule has 54 heavy (non-hydrogen) atoms. The lowest BCUT2D eigenvalue weighted by atomic mass is 9.89. The molecule has 0 spiro atoms. The summed E-state index contributed by atoms with van der Waals surface area (Å²) in [6.07, 6.45) is 5.79. The Balaban J connectivity index is 1.33. The highest BCUT2D eigenvalue weighted by atomic mass is 35.5. The molecule has 13 nitrogen and oxygen atoms in total. The van der Waals surface area contributed by atoms with Crippen LogP contribution in [0.4, 0.5) is 0 Å². The van der Waals surface area contributed by atoms with E-state index in [1.54, 1.807) is 12.1 Å². The molecule has 0 saturated carbocycles. The summed E-state index contributed by atoms with van der Waals surface area (Å²) in [6.45, 7) is 3.79. The van der Waals surface area contributed by atoms with E-state index in [1.165, 1.54) is 4.90 Å². The van der Waals surface area contributed by atoms with E-state index in [0.29, 0.717) is 23.8 Å². The fourth-order valence-corrected chi connectivity index (χ4v) is 8.49. The summed E-state index contributed by atoms with van der Waals surface area (Å²) >= 11 is 6.06. The van der Waals surface area contributed by atoms with Gasteiger partial charge in [0.25, 0.3) is 5.91 Å². The number of likely N-dealkylation sites (tertiary alicyclic amines) is 1. The maximum Gasteiger partial charge on any atom is 0.289 e. The Morgan fingerprint density at radius 1 is 0.889 bits per heavy atom. The van der Waals surface area contributed by atoms with Crippen LogP contribution in [0, 0.1) is 11.8 Å². The molecule has 0 bridgehead atoms. The van der Waals surface area contributed by atoms with Gasteiger partial charge >= 0.3 is 0 Å². The lowest BCUT2D eigenvalue weighted by molar-refractivity contribution is -0.143. The van der Waals surface area contributed by atoms with E-state index in [4.69, 9.17) is 16.3 Å². The number of nitrogens with one attached hydrogen (secondary N) is 5. The monoisotopic (exact) mass is 786 g/mol. The second-order valence-electron chi connectivity index (χ2n) is 14.9. The van der Waals surface area contributed by atoms with Gasteiger partial charge in [-0.25, -0.2) is 13.1 Å². The van der Waals surface area contributed by atoms with E-state index in [9.17, 15) is 27.6 Å². The third-order valence-electron chi connectivity index (χ3n) is 10.7. The number of sulfonamides is 1. The van der Waals surface area contributed by atoms with Crippen LogP contribution in [-0.4, -0.2) is 107 Å². The SMILES string of the molecule is CS(=O)(=O)N[C@H](CCC1CCNCC1)C(=O)N1C[C@H](OCc2ccc(Cl)cc2)C[C@H]1C(=O)N[C@@H](CC1CCNCC1)C(=O)C(=O)NCCc1ccccc1. The number of carbonyl (C=O) groups excluding carboxylic acids is 4. The third-order valence-corrected chi connectivity index (χ3v) is 11.6. The molecule has 3 aliphatic heterocycles. The smallest absolute Gasteiger partial charge is 0.289 e. The first-order valence-corrected chi connectivity index (χ1v) is 21.4. The standard InChI is InChI=1S/C39H55ClN6O7S/c1-54(51,52)45-33(12-9-28-13-18-41-19-14-28)39(50)46-25-32(53-26-30-7-10-31(40)11-8-30)24-35(46)37(48)44-34(23-29-15-20-42-21-16-29)36(47)38(49)43-22-17-27-5-3-2-4-6-27/h2-8,10-11,28-29,32-35,41-42,45H,9,12-26H2,1H3,(H,43,49)(H,44,48)/t32-,33-,34+,35+/m1/s1. The van der Waals surface area contributed by atoms with E-state index in [2.05, 4.69) is 26.0 Å². The van der Waals surface area contributed by atoms with Gasteiger partial charge in [0.15, 0.2) is 0 Å². The Kier molecular flexibility index (Phi) is 15.9. The van der Waals surface area contributed by atoms with Crippen LogP contribution < -0.4 is 26.0 Å². The number of nitrogens with zero attached hydrogens (tertiary/aromatic N) is 1. The maximum atomic E-state index is 14.3. The predicted molar refractivity (Wildman–Crippen MR) is 207 cm³/mol. The molecule has 0 radical (unpaired) electrons. The van der Waals surface area contributed by atoms with Crippen LogP contribution in [0.1, 0.15) is 62.5 Å². The van der Waals surface area contributed by atoms with Crippen LogP contribution in [0.25, 0.3) is 0 Å². The van der Waals surface area contributed by atoms with Gasteiger partial charge in [0.1, 0.15) is 12.1 Å². The molecule has 0 aromatic heterocycles. The summed E-state index contributed by atoms with van der Waals surface area (Å²) in [7, 11) is -3.78. The molecule has 0 unspecified atom stereocenters. The second kappa shape index (κ2) is 20.5. The van der Waals surface area contributed by atoms with E-state index in [-0.39, 0.29) is 44.9 Å². The number of carbonyl (C=O) groups is 4. The van der Waals surface area contributed by atoms with Crippen LogP contribution in [0.3, 0.4) is 0 Å². The Bertz CT molecular complexity index is 1650. The molecule has 5 rings (SSSR count). The number of piperidine rings is 2. The van der Waals surface area contributed by atoms with E-state index in [1.807, 2.05) is 42.5 Å². The van der Waals surface area contributed by atoms with Gasteiger partial charge in [-0.15, -0.1) is 0 Å². The molecular weight excluding hydrogens is 732 g/mol. The van der Waals surface area contributed by atoms with E-state index < -0.39 is 57.8 Å². The highest BCUT2D eigenvalue weighted by molar-refractivity contribution is 7.88. The maximum absolute atomic E-state index is 14.3. The quantitative estimate of drug-likeness (QED) is 0.142. The first-order valence-electron chi connectivity index (χ1n) is 19.2. The molecule has 0 aliphatic carbocycles. The zero-order valence-electron chi connectivity index (χ0n) is 31.1. The van der Waals surface area contributed by atoms with Crippen LogP contribution in [0.15, 0.2) is 54.6 Å². The van der Waals surface area contributed by atoms with Gasteiger partial charge in [-0.1, -0.05) is 54.1 Å². The van der Waals surface area contributed by atoms with Gasteiger partial charge in [-0.3, -0.25) is 19.2 Å². The van der Waals surface area contributed by atoms with Crippen molar-refractivity contribution in [1.82, 2.24) is 30.9 Å². The number of hydrogen-bond acceptors (Lipinski definition) is 9. The van der Waals surface area contributed by atoms with Gasteiger partial charge in [-0.05, 0) is 113 Å². The van der Waals surface area contributed by atoms with Crippen LogP contribution in [0.5, 0.6) is 0 Å². The number of hydrogen-bond donors (Lipinski definition) is 5. The van der Waals surface area contributed by atoms with Crippen molar-refractivity contribution in [3.05, 3.63) is 70.7 Å². The largest absolute Gasteiger partial charge is 0.372 e. The van der Waals surface area contributed by atoms with Crippen LogP contribution >= 0.6 is 11.6 Å². The van der Waals surface area contributed by atoms with Crippen molar-refractivity contribution >= 4 is 45.1 Å². The molecule has 296 valence electrons. The van der Waals surface area contributed by atoms with Gasteiger partial charge < -0.3 is 30.9 Å². The lowest BCUT2D eigenvalue weighted by Gasteiger charge is -2.31. The van der Waals surface area contributed by atoms with Gasteiger partial charge in [0.05, 0.1) is 25.0 Å². The number of ether oxygens (including phenoxy) is 1. The van der Waals surface area contributed by atoms with Crippen molar-refractivity contribution in [3.63, 3.8) is 0 Å². The summed E-state index contributed by atoms with van der Waals surface area (Å²) in [4.78, 5) is 57.0. The highest BCUT2D eigenvalue weighted by Gasteiger charge is 2.44. The Morgan fingerprint density at radius 3 is 2.19 bits per heavy atom. The Hall–Kier alpha value is -3.40. The van der Waals surface area contributed by atoms with Crippen molar-refractivity contribution in [3.8, 4) is 0 Å². The molecule has 3 heterocycles. The number of rotatable bonds is 18. The van der Waals surface area contributed by atoms with Gasteiger partial charge in [0.2, 0.25) is 27.6 Å². The van der Waals surface area contributed by atoms with Crippen molar-refractivity contribution in [2.45, 2.75) is 88.6 Å². The molecule has 2 aromatic carbocycles. The molecular formula is C39H55ClN6O7S. The normalized spacial score (nSPS) is 21.0. The fraction of sp³-hybridized carbons (Fsp3) is 0.590. The summed E-state index contributed by atoms with van der Waals surface area (Å²) in [6, 6.07) is 13.5. The van der Waals surface area contributed by atoms with Crippen molar-refractivity contribution in [1.29, 1.82) is 0 Å². The van der Waals surface area contributed by atoms with Gasteiger partial charge in [0, 0.05) is 24.5 Å². The molecule has 3 saturated heterocycles. The minimum absolute atomic E-state index is 0.0483. The number of halogens is 1. The Morgan fingerprint density at radius 2 is 1.54 bits per heavy atom. The van der Waals surface area contributed by atoms with Gasteiger partial charge in [-0.2, -0.15) is 0 Å². The average molecular weight is 787 g/mol. The molecule has 3 fully saturated rings. The van der Waals surface area contributed by atoms with Crippen LogP contribution in [0.2, 0.25) is 5.02 Å². The minimum atomic E-state index is -3.78. The fourth-order valence-electron chi connectivity index (χ4n) is 7.63. The van der Waals surface area contributed by atoms with Crippen molar-refractivity contribution in [2.24, 2.45) is 11.8 Å². The second-order valence-corrected chi connectivity index (χ2v) is 17.1. The summed E-state index contributed by atoms with van der Waals surface area (Å²) in [5.41, 5.74) is 1.87. The molecule has 5 N–H and O–H groups in total. The Labute approximate surface area is 324 Å². The lowest BCUT2D eigenvalue weighted by Crippen LogP contribution is -2.56. The highest BCUT2D eigenvalue weighted by Crippen LogP contribution is 2.27. The molecule has 4 atom stereocenters. The first kappa shape index (κ1) is 41.8. The van der Waals surface area contributed by atoms with E-state index in [0.717, 1.165) is 69.2 Å². The van der Waals surface area contributed by atoms with Crippen LogP contribution in [-0.2, 0) is 47.0 Å². The topological polar surface area (TPSA) is 175 Å². The summed E-state index contributed by atoms with van der Waals surface area (Å²) in [5, 5.41) is 12.8. The van der Waals surface area contributed by atoms with Crippen molar-refractivity contribution in [2.75, 3.05) is 45.5 Å².